The predicted octanol–water partition coefficient (Wildman–Crippen LogP) is 2.93. The standard InChI is InChI=1S/C16H19Si/c1-4-17(15-9-5-13(2)6-10-15)16-11-7-14(3)8-12-16/h5-12H,4H2,1-3H3. The fraction of sp³-hybridized carbons (Fsp3) is 0.250. The number of benzene rings is 2. The second-order valence-electron chi connectivity index (χ2n) is 4.56. The van der Waals surface area contributed by atoms with Crippen LogP contribution in [-0.4, -0.2) is 8.80 Å². The quantitative estimate of drug-likeness (QED) is 0.723. The van der Waals surface area contributed by atoms with Crippen LogP contribution in [0.1, 0.15) is 18.1 Å². The third-order valence-corrected chi connectivity index (χ3v) is 5.92. The van der Waals surface area contributed by atoms with E-state index in [1.807, 2.05) is 0 Å². The summed E-state index contributed by atoms with van der Waals surface area (Å²) in [6.07, 6.45) is 0. The normalized spacial score (nSPS) is 10.8. The van der Waals surface area contributed by atoms with E-state index in [0.29, 0.717) is 0 Å². The van der Waals surface area contributed by atoms with Crippen LogP contribution in [0.3, 0.4) is 0 Å². The molecule has 0 aromatic heterocycles. The Morgan fingerprint density at radius 2 is 1.06 bits per heavy atom. The van der Waals surface area contributed by atoms with Crippen LogP contribution in [-0.2, 0) is 0 Å². The molecule has 0 N–H and O–H groups in total. The minimum Gasteiger partial charge on any atom is -0.0673 e. The van der Waals surface area contributed by atoms with Gasteiger partial charge in [0, 0.05) is 0 Å². The second-order valence-corrected chi connectivity index (χ2v) is 7.38. The predicted molar refractivity (Wildman–Crippen MR) is 77.9 cm³/mol. The molecule has 0 heterocycles. The summed E-state index contributed by atoms with van der Waals surface area (Å²) in [4.78, 5) is 0. The van der Waals surface area contributed by atoms with Crippen molar-refractivity contribution in [2.75, 3.05) is 0 Å². The maximum atomic E-state index is 2.30. The Labute approximate surface area is 106 Å². The molecule has 0 aliphatic carbocycles. The van der Waals surface area contributed by atoms with Gasteiger partial charge in [0.05, 0.1) is 0 Å². The van der Waals surface area contributed by atoms with Crippen LogP contribution in [0, 0.1) is 13.8 Å². The lowest BCUT2D eigenvalue weighted by molar-refractivity contribution is 1.42. The molecule has 2 rings (SSSR count). The lowest BCUT2D eigenvalue weighted by Crippen LogP contribution is -2.41. The fourth-order valence-corrected chi connectivity index (χ4v) is 4.37. The fourth-order valence-electron chi connectivity index (χ4n) is 2.08. The van der Waals surface area contributed by atoms with Crippen molar-refractivity contribution in [1.29, 1.82) is 0 Å². The smallest absolute Gasteiger partial charge is 0.0673 e. The van der Waals surface area contributed by atoms with Gasteiger partial charge in [-0.1, -0.05) is 83.0 Å². The van der Waals surface area contributed by atoms with Crippen molar-refractivity contribution in [3.8, 4) is 0 Å². The molecule has 0 saturated heterocycles. The maximum Gasteiger partial charge on any atom is 0.121 e. The average molecular weight is 239 g/mol. The van der Waals surface area contributed by atoms with Crippen LogP contribution in [0.5, 0.6) is 0 Å². The molecule has 0 saturated carbocycles. The molecular weight excluding hydrogens is 220 g/mol. The molecular formula is C16H19Si. The Morgan fingerprint density at radius 1 is 0.706 bits per heavy atom. The number of rotatable bonds is 3. The molecule has 0 fully saturated rings. The molecule has 1 radical (unpaired) electrons. The zero-order valence-corrected chi connectivity index (χ0v) is 11.8. The molecule has 0 amide bonds. The Bertz CT molecular complexity index is 422. The van der Waals surface area contributed by atoms with Crippen molar-refractivity contribution in [3.05, 3.63) is 59.7 Å². The van der Waals surface area contributed by atoms with Gasteiger partial charge in [0.1, 0.15) is 8.80 Å². The van der Waals surface area contributed by atoms with E-state index >= 15 is 0 Å². The summed E-state index contributed by atoms with van der Waals surface area (Å²) in [5, 5.41) is 3.04. The van der Waals surface area contributed by atoms with Gasteiger partial charge in [-0.2, -0.15) is 0 Å². The Morgan fingerprint density at radius 3 is 1.35 bits per heavy atom. The van der Waals surface area contributed by atoms with E-state index < -0.39 is 8.80 Å². The van der Waals surface area contributed by atoms with Gasteiger partial charge in [0.15, 0.2) is 0 Å². The van der Waals surface area contributed by atoms with E-state index in [4.69, 9.17) is 0 Å². The van der Waals surface area contributed by atoms with E-state index in [1.165, 1.54) is 27.5 Å². The maximum absolute atomic E-state index is 2.30. The Balaban J connectivity index is 2.33. The first kappa shape index (κ1) is 12.1. The van der Waals surface area contributed by atoms with Crippen molar-refractivity contribution >= 4 is 19.2 Å². The SMILES string of the molecule is CC[Si](c1ccc(C)cc1)c1ccc(C)cc1. The molecule has 0 aliphatic heterocycles. The van der Waals surface area contributed by atoms with Crippen LogP contribution in [0.25, 0.3) is 0 Å². The number of hydrogen-bond acceptors (Lipinski definition) is 0. The summed E-state index contributed by atoms with van der Waals surface area (Å²) in [7, 11) is -0.572. The first-order chi connectivity index (χ1) is 8.20. The zero-order valence-electron chi connectivity index (χ0n) is 10.8. The monoisotopic (exact) mass is 239 g/mol. The summed E-state index contributed by atoms with van der Waals surface area (Å²) >= 11 is 0. The van der Waals surface area contributed by atoms with Gasteiger partial charge in [-0.25, -0.2) is 0 Å². The van der Waals surface area contributed by atoms with Gasteiger partial charge < -0.3 is 0 Å². The summed E-state index contributed by atoms with van der Waals surface area (Å²) < 4.78 is 0. The van der Waals surface area contributed by atoms with Crippen molar-refractivity contribution in [2.45, 2.75) is 26.8 Å². The molecule has 0 aliphatic rings. The Kier molecular flexibility index (Phi) is 3.80. The minimum absolute atomic E-state index is 0.572. The summed E-state index contributed by atoms with van der Waals surface area (Å²) in [5.41, 5.74) is 2.69. The van der Waals surface area contributed by atoms with Crippen LogP contribution >= 0.6 is 0 Å². The lowest BCUT2D eigenvalue weighted by atomic mass is 10.2. The molecule has 17 heavy (non-hydrogen) atoms. The van der Waals surface area contributed by atoms with Gasteiger partial charge in [-0.15, -0.1) is 0 Å². The van der Waals surface area contributed by atoms with Crippen LogP contribution in [0.4, 0.5) is 0 Å². The van der Waals surface area contributed by atoms with E-state index in [0.717, 1.165) is 0 Å². The molecule has 0 spiro atoms. The highest BCUT2D eigenvalue weighted by Crippen LogP contribution is 2.01. The highest BCUT2D eigenvalue weighted by Gasteiger charge is 2.13. The van der Waals surface area contributed by atoms with Crippen LogP contribution in [0.2, 0.25) is 6.04 Å². The largest absolute Gasteiger partial charge is 0.121 e. The molecule has 0 unspecified atom stereocenters. The first-order valence-corrected chi connectivity index (χ1v) is 7.91. The summed E-state index contributed by atoms with van der Waals surface area (Å²) in [5.74, 6) is 0. The highest BCUT2D eigenvalue weighted by molar-refractivity contribution is 6.85. The van der Waals surface area contributed by atoms with E-state index in [9.17, 15) is 0 Å². The van der Waals surface area contributed by atoms with E-state index in [2.05, 4.69) is 69.3 Å². The van der Waals surface area contributed by atoms with Gasteiger partial charge in [0.25, 0.3) is 0 Å². The van der Waals surface area contributed by atoms with Gasteiger partial charge >= 0.3 is 0 Å². The first-order valence-electron chi connectivity index (χ1n) is 6.20. The minimum atomic E-state index is -0.572. The summed E-state index contributed by atoms with van der Waals surface area (Å²) in [6.45, 7) is 6.59. The van der Waals surface area contributed by atoms with Crippen molar-refractivity contribution in [1.82, 2.24) is 0 Å². The molecule has 0 atom stereocenters. The van der Waals surface area contributed by atoms with Gasteiger partial charge in [0.2, 0.25) is 0 Å². The molecule has 0 bridgehead atoms. The van der Waals surface area contributed by atoms with Crippen molar-refractivity contribution < 1.29 is 0 Å². The third-order valence-electron chi connectivity index (χ3n) is 3.15. The molecule has 87 valence electrons. The van der Waals surface area contributed by atoms with Crippen LogP contribution < -0.4 is 10.4 Å². The molecule has 2 aromatic carbocycles. The zero-order chi connectivity index (χ0) is 12.3. The number of hydrogen-bond donors (Lipinski definition) is 0. The lowest BCUT2D eigenvalue weighted by Gasteiger charge is -2.14. The second kappa shape index (κ2) is 5.33. The molecule has 2 aromatic rings. The van der Waals surface area contributed by atoms with Gasteiger partial charge in [-0.05, 0) is 13.8 Å². The summed E-state index contributed by atoms with van der Waals surface area (Å²) in [6, 6.07) is 19.3. The Hall–Kier alpha value is -1.34. The van der Waals surface area contributed by atoms with Gasteiger partial charge in [-0.3, -0.25) is 0 Å². The third kappa shape index (κ3) is 2.86. The van der Waals surface area contributed by atoms with Crippen molar-refractivity contribution in [2.24, 2.45) is 0 Å². The van der Waals surface area contributed by atoms with Crippen LogP contribution in [0.15, 0.2) is 48.5 Å². The van der Waals surface area contributed by atoms with Crippen molar-refractivity contribution in [3.63, 3.8) is 0 Å². The molecule has 1 heteroatoms. The highest BCUT2D eigenvalue weighted by atomic mass is 28.3. The molecule has 0 nitrogen and oxygen atoms in total. The number of aryl methyl sites for hydroxylation is 2. The average Bonchev–Trinajstić information content (AvgIpc) is 2.35. The van der Waals surface area contributed by atoms with E-state index in [-0.39, 0.29) is 0 Å². The topological polar surface area (TPSA) is 0 Å². The van der Waals surface area contributed by atoms with E-state index in [1.54, 1.807) is 0 Å².